The van der Waals surface area contributed by atoms with E-state index in [0.717, 1.165) is 12.8 Å². The number of hydrogen-bond acceptors (Lipinski definition) is 0. The standard InChI is InChI=1S/C23H26N.C22H24N.C21H22N.C20H20N/c1-17(2)15-19-9-11-20(12-10-19)21-13-14-23(24(4)16-21)22-8-6-5-7-18(22)3;1-16(2)18-9-11-19(12-10-18)20-13-14-22(23(4)15-20)21-8-6-5-7-17(21)3;1-4-17-9-11-18(12-10-17)19-13-14-21(22(3)15-19)20-8-6-5-7-16(20)2;1-15-8-10-17(11-9-15)18-12-13-20(21(3)14-18)19-7-5-4-6-16(19)2/h5-14,16-17H,15H2,1-4H3;5-16H,1-4H3;5-15H,4H2,1-3H3;4-14H,1-3H3/q4*+1. The minimum atomic E-state index is 0.573. The minimum Gasteiger partial charge on any atom is -0.200 e. The van der Waals surface area contributed by atoms with Crippen molar-refractivity contribution >= 4 is 0 Å². The maximum Gasteiger partial charge on any atom is 0.212 e. The predicted octanol–water partition coefficient (Wildman–Crippen LogP) is 19.8. The molecule has 0 aliphatic heterocycles. The van der Waals surface area contributed by atoms with Crippen LogP contribution in [-0.2, 0) is 41.0 Å². The van der Waals surface area contributed by atoms with E-state index in [2.05, 4.69) is 383 Å². The first-order chi connectivity index (χ1) is 43.4. The molecule has 12 aromatic rings. The van der Waals surface area contributed by atoms with E-state index in [9.17, 15) is 0 Å². The predicted molar refractivity (Wildman–Crippen MR) is 380 cm³/mol. The van der Waals surface area contributed by atoms with Gasteiger partial charge in [0.05, 0.1) is 0 Å². The summed E-state index contributed by atoms with van der Waals surface area (Å²) in [6, 6.07) is 87.2. The quantitative estimate of drug-likeness (QED) is 0.108. The summed E-state index contributed by atoms with van der Waals surface area (Å²) in [6.07, 6.45) is 11.1. The van der Waals surface area contributed by atoms with E-state index in [-0.39, 0.29) is 0 Å². The zero-order valence-corrected chi connectivity index (χ0v) is 55.8. The number of hydrogen-bond donors (Lipinski definition) is 0. The van der Waals surface area contributed by atoms with Crippen LogP contribution in [-0.4, -0.2) is 0 Å². The molecule has 0 N–H and O–H groups in total. The molecular weight excluding hydrogens is 1090 g/mol. The van der Waals surface area contributed by atoms with E-state index < -0.39 is 0 Å². The Morgan fingerprint density at radius 1 is 0.278 bits per heavy atom. The van der Waals surface area contributed by atoms with E-state index in [1.807, 2.05) is 0 Å². The lowest BCUT2D eigenvalue weighted by Gasteiger charge is -2.08. The molecule has 90 heavy (non-hydrogen) atoms. The molecule has 0 bridgehead atoms. The van der Waals surface area contributed by atoms with Crippen molar-refractivity contribution in [1.82, 2.24) is 0 Å². The first kappa shape index (κ1) is 64.8. The van der Waals surface area contributed by atoms with Crippen LogP contribution in [0.2, 0.25) is 0 Å². The van der Waals surface area contributed by atoms with Crippen molar-refractivity contribution < 1.29 is 18.3 Å². The Morgan fingerprint density at radius 2 is 0.533 bits per heavy atom. The summed E-state index contributed by atoms with van der Waals surface area (Å²) < 4.78 is 8.86. The van der Waals surface area contributed by atoms with Gasteiger partial charge in [0.15, 0.2) is 24.8 Å². The number of benzene rings is 8. The van der Waals surface area contributed by atoms with Gasteiger partial charge in [-0.05, 0) is 169 Å². The normalized spacial score (nSPS) is 10.8. The van der Waals surface area contributed by atoms with E-state index in [0.29, 0.717) is 11.8 Å². The molecule has 452 valence electrons. The van der Waals surface area contributed by atoms with Crippen LogP contribution >= 0.6 is 0 Å². The smallest absolute Gasteiger partial charge is 0.200 e. The van der Waals surface area contributed by atoms with Crippen LogP contribution in [0, 0.1) is 40.5 Å². The molecule has 4 heteroatoms. The van der Waals surface area contributed by atoms with Crippen molar-refractivity contribution in [3.63, 3.8) is 0 Å². The molecule has 0 aliphatic carbocycles. The van der Waals surface area contributed by atoms with Crippen LogP contribution in [0.3, 0.4) is 0 Å². The molecule has 0 fully saturated rings. The monoisotopic (exact) mass is 1180 g/mol. The second-order valence-corrected chi connectivity index (χ2v) is 24.9. The number of aryl methyl sites for hydroxylation is 10. The average molecular weight is 1180 g/mol. The molecule has 0 amide bonds. The summed E-state index contributed by atoms with van der Waals surface area (Å²) >= 11 is 0. The summed E-state index contributed by atoms with van der Waals surface area (Å²) in [7, 11) is 8.47. The van der Waals surface area contributed by atoms with Gasteiger partial charge >= 0.3 is 0 Å². The van der Waals surface area contributed by atoms with Gasteiger partial charge in [-0.3, -0.25) is 0 Å². The van der Waals surface area contributed by atoms with Gasteiger partial charge in [0.2, 0.25) is 22.8 Å². The van der Waals surface area contributed by atoms with Crippen LogP contribution < -0.4 is 18.3 Å². The third kappa shape index (κ3) is 16.5. The van der Waals surface area contributed by atoms with Crippen molar-refractivity contribution in [1.29, 1.82) is 0 Å². The Bertz CT molecular complexity index is 4320. The highest BCUT2D eigenvalue weighted by Crippen LogP contribution is 2.29. The highest BCUT2D eigenvalue weighted by molar-refractivity contribution is 5.70. The maximum absolute atomic E-state index is 2.26. The number of rotatable bonds is 12. The number of aromatic nitrogens is 4. The molecule has 0 atom stereocenters. The Labute approximate surface area is 538 Å². The first-order valence-electron chi connectivity index (χ1n) is 32.0. The van der Waals surface area contributed by atoms with Crippen molar-refractivity contribution in [2.24, 2.45) is 34.1 Å². The maximum atomic E-state index is 2.26. The van der Waals surface area contributed by atoms with Crippen LogP contribution in [0.15, 0.2) is 267 Å². The molecule has 4 heterocycles. The molecule has 0 spiro atoms. The molecule has 0 saturated heterocycles. The summed E-state index contributed by atoms with van der Waals surface area (Å²) in [5, 5.41) is 0. The fourth-order valence-electron chi connectivity index (χ4n) is 11.7. The number of pyridine rings is 4. The lowest BCUT2D eigenvalue weighted by atomic mass is 9.98. The summed E-state index contributed by atoms with van der Waals surface area (Å²) in [5.41, 5.74) is 30.9. The third-order valence-electron chi connectivity index (χ3n) is 17.1. The Kier molecular flexibility index (Phi) is 22.0. The van der Waals surface area contributed by atoms with E-state index in [1.54, 1.807) is 0 Å². The lowest BCUT2D eigenvalue weighted by Crippen LogP contribution is -2.30. The van der Waals surface area contributed by atoms with E-state index in [1.165, 1.54) is 134 Å². The Hall–Kier alpha value is -9.64. The van der Waals surface area contributed by atoms with Crippen LogP contribution in [0.5, 0.6) is 0 Å². The molecule has 0 aliphatic rings. The zero-order chi connectivity index (χ0) is 63.8. The highest BCUT2D eigenvalue weighted by atomic mass is 14.9. The molecule has 4 aromatic heterocycles. The Balaban J connectivity index is 0.000000142. The van der Waals surface area contributed by atoms with Crippen molar-refractivity contribution in [2.75, 3.05) is 0 Å². The van der Waals surface area contributed by atoms with Gasteiger partial charge in [-0.25, -0.2) is 18.3 Å². The zero-order valence-electron chi connectivity index (χ0n) is 55.8. The summed E-state index contributed by atoms with van der Waals surface area (Å²) in [5.74, 6) is 1.27. The molecule has 0 unspecified atom stereocenters. The fraction of sp³-hybridized carbons (Fsp3) is 0.209. The average Bonchev–Trinajstić information content (AvgIpc) is 1.01. The van der Waals surface area contributed by atoms with Gasteiger partial charge in [-0.2, -0.15) is 0 Å². The Morgan fingerprint density at radius 3 is 0.789 bits per heavy atom. The second kappa shape index (κ2) is 30.5. The topological polar surface area (TPSA) is 15.5 Å². The fourth-order valence-corrected chi connectivity index (χ4v) is 11.7. The molecular formula is C86H92N4+4. The lowest BCUT2D eigenvalue weighted by molar-refractivity contribution is -0.660. The van der Waals surface area contributed by atoms with Gasteiger partial charge < -0.3 is 0 Å². The van der Waals surface area contributed by atoms with E-state index >= 15 is 0 Å². The molecule has 12 rings (SSSR count). The minimum absolute atomic E-state index is 0.573. The number of nitrogens with zero attached hydrogens (tertiary/aromatic N) is 4. The van der Waals surface area contributed by atoms with E-state index in [4.69, 9.17) is 0 Å². The van der Waals surface area contributed by atoms with Gasteiger partial charge in [-0.1, -0.05) is 210 Å². The molecule has 4 nitrogen and oxygen atoms in total. The SMILES string of the molecule is CCc1ccc(-c2ccc(-c3ccccc3C)[n+](C)c2)cc1.Cc1ccc(-c2ccc(-c3ccccc3C)[n+](C)c2)cc1.Cc1ccccc1-c1ccc(-c2ccc(C(C)C)cc2)c[n+]1C.Cc1ccccc1-c1ccc(-c2ccc(CC(C)C)cc2)c[n+]1C. The molecule has 0 radical (unpaired) electrons. The van der Waals surface area contributed by atoms with Crippen molar-refractivity contribution in [2.45, 2.75) is 88.0 Å². The van der Waals surface area contributed by atoms with Gasteiger partial charge in [0.1, 0.15) is 28.2 Å². The van der Waals surface area contributed by atoms with Crippen LogP contribution in [0.25, 0.3) is 89.5 Å². The van der Waals surface area contributed by atoms with Gasteiger partial charge in [0.25, 0.3) is 0 Å². The van der Waals surface area contributed by atoms with Gasteiger partial charge in [0, 0.05) is 68.8 Å². The van der Waals surface area contributed by atoms with Crippen LogP contribution in [0.1, 0.15) is 85.0 Å². The summed E-state index contributed by atoms with van der Waals surface area (Å²) in [6.45, 7) is 21.9. The van der Waals surface area contributed by atoms with Crippen molar-refractivity contribution in [3.05, 3.63) is 312 Å². The largest absolute Gasteiger partial charge is 0.212 e. The second-order valence-electron chi connectivity index (χ2n) is 24.9. The third-order valence-corrected chi connectivity index (χ3v) is 17.1. The van der Waals surface area contributed by atoms with Crippen molar-refractivity contribution in [3.8, 4) is 89.5 Å². The van der Waals surface area contributed by atoms with Crippen LogP contribution in [0.4, 0.5) is 0 Å². The summed E-state index contributed by atoms with van der Waals surface area (Å²) in [4.78, 5) is 0. The first-order valence-corrected chi connectivity index (χ1v) is 32.0. The highest BCUT2D eigenvalue weighted by Gasteiger charge is 2.18. The molecule has 0 saturated carbocycles. The molecule has 8 aromatic carbocycles. The van der Waals surface area contributed by atoms with Gasteiger partial charge in [-0.15, -0.1) is 0 Å².